The molecule has 0 unspecified atom stereocenters. The van der Waals surface area contributed by atoms with Crippen LogP contribution in [-0.4, -0.2) is 12.1 Å². The predicted octanol–water partition coefficient (Wildman–Crippen LogP) is 2.83. The van der Waals surface area contributed by atoms with Gasteiger partial charge in [0.25, 0.3) is 0 Å². The summed E-state index contributed by atoms with van der Waals surface area (Å²) >= 11 is 1.07. The fourth-order valence-electron chi connectivity index (χ4n) is 1.65. The number of thiazole rings is 1. The van der Waals surface area contributed by atoms with Gasteiger partial charge in [0.2, 0.25) is 0 Å². The zero-order chi connectivity index (χ0) is 14.0. The summed E-state index contributed by atoms with van der Waals surface area (Å²) in [4.78, 5) is 4.78. The molecular formula is C12H11F3N2OS. The molecular weight excluding hydrogens is 277 g/mol. The quantitative estimate of drug-likeness (QED) is 0.941. The van der Waals surface area contributed by atoms with Gasteiger partial charge in [-0.25, -0.2) is 18.2 Å². The van der Waals surface area contributed by atoms with Crippen LogP contribution in [0.3, 0.4) is 0 Å². The summed E-state index contributed by atoms with van der Waals surface area (Å²) in [5, 5.41) is 0.127. The second kappa shape index (κ2) is 5.68. The largest absolute Gasteiger partial charge is 0.378 e. The van der Waals surface area contributed by atoms with Crippen LogP contribution in [-0.2, 0) is 17.9 Å². The van der Waals surface area contributed by atoms with Crippen molar-refractivity contribution in [3.8, 4) is 10.6 Å². The smallest absolute Gasteiger partial charge is 0.139 e. The van der Waals surface area contributed by atoms with E-state index >= 15 is 0 Å². The highest BCUT2D eigenvalue weighted by Gasteiger charge is 2.19. The van der Waals surface area contributed by atoms with Crippen molar-refractivity contribution in [1.29, 1.82) is 0 Å². The van der Waals surface area contributed by atoms with Gasteiger partial charge in [-0.15, -0.1) is 11.3 Å². The number of nitrogens with zero attached hydrogens (tertiary/aromatic N) is 1. The van der Waals surface area contributed by atoms with E-state index in [2.05, 4.69) is 4.98 Å². The van der Waals surface area contributed by atoms with Crippen LogP contribution in [0.25, 0.3) is 10.6 Å². The molecule has 3 nitrogen and oxygen atoms in total. The van der Waals surface area contributed by atoms with Crippen molar-refractivity contribution in [2.45, 2.75) is 13.2 Å². The van der Waals surface area contributed by atoms with E-state index in [0.717, 1.165) is 11.3 Å². The first-order valence-electron chi connectivity index (χ1n) is 5.39. The van der Waals surface area contributed by atoms with Crippen LogP contribution in [0.4, 0.5) is 13.2 Å². The van der Waals surface area contributed by atoms with Crippen LogP contribution < -0.4 is 5.73 Å². The number of nitrogens with two attached hydrogens (primary N) is 1. The summed E-state index contributed by atoms with van der Waals surface area (Å²) in [6.45, 7) is 0.397. The van der Waals surface area contributed by atoms with E-state index in [-0.39, 0.29) is 23.7 Å². The Balaban J connectivity index is 2.53. The number of benzene rings is 1. The van der Waals surface area contributed by atoms with Gasteiger partial charge in [0.05, 0.1) is 17.9 Å². The molecule has 19 heavy (non-hydrogen) atoms. The zero-order valence-corrected chi connectivity index (χ0v) is 10.9. The summed E-state index contributed by atoms with van der Waals surface area (Å²) in [6.07, 6.45) is 0. The molecule has 0 amide bonds. The Hall–Kier alpha value is -1.44. The molecule has 0 fully saturated rings. The van der Waals surface area contributed by atoms with Crippen molar-refractivity contribution in [2.24, 2.45) is 5.73 Å². The highest BCUT2D eigenvalue weighted by Crippen LogP contribution is 2.32. The Kier molecular flexibility index (Phi) is 4.18. The summed E-state index contributed by atoms with van der Waals surface area (Å²) in [5.74, 6) is -2.94. The third kappa shape index (κ3) is 2.78. The number of aromatic nitrogens is 1. The Bertz CT molecular complexity index is 578. The van der Waals surface area contributed by atoms with Crippen molar-refractivity contribution < 1.29 is 17.9 Å². The van der Waals surface area contributed by atoms with Crippen molar-refractivity contribution in [1.82, 2.24) is 4.98 Å². The van der Waals surface area contributed by atoms with Crippen LogP contribution in [0.5, 0.6) is 0 Å². The van der Waals surface area contributed by atoms with Gasteiger partial charge in [0.1, 0.15) is 22.5 Å². The van der Waals surface area contributed by atoms with Crippen molar-refractivity contribution in [3.63, 3.8) is 0 Å². The van der Waals surface area contributed by atoms with Crippen molar-refractivity contribution >= 4 is 11.3 Å². The van der Waals surface area contributed by atoms with Gasteiger partial charge < -0.3 is 10.5 Å². The Morgan fingerprint density at radius 1 is 1.26 bits per heavy atom. The monoisotopic (exact) mass is 288 g/mol. The number of hydrogen-bond acceptors (Lipinski definition) is 4. The van der Waals surface area contributed by atoms with Crippen LogP contribution in [0.15, 0.2) is 12.1 Å². The molecule has 1 aromatic carbocycles. The van der Waals surface area contributed by atoms with E-state index in [9.17, 15) is 13.2 Å². The normalized spacial score (nSPS) is 11.0. The molecule has 0 bridgehead atoms. The first-order valence-corrected chi connectivity index (χ1v) is 6.21. The van der Waals surface area contributed by atoms with Gasteiger partial charge in [0.15, 0.2) is 0 Å². The van der Waals surface area contributed by atoms with E-state index in [1.807, 2.05) is 0 Å². The number of methoxy groups -OCH3 is 1. The van der Waals surface area contributed by atoms with Gasteiger partial charge in [-0.2, -0.15) is 0 Å². The number of rotatable bonds is 4. The maximum atomic E-state index is 13.7. The van der Waals surface area contributed by atoms with E-state index in [4.69, 9.17) is 10.5 Å². The Morgan fingerprint density at radius 3 is 2.42 bits per heavy atom. The summed E-state index contributed by atoms with van der Waals surface area (Å²) < 4.78 is 45.1. The first-order chi connectivity index (χ1) is 9.06. The minimum Gasteiger partial charge on any atom is -0.378 e. The average molecular weight is 288 g/mol. The van der Waals surface area contributed by atoms with Gasteiger partial charge in [-0.1, -0.05) is 0 Å². The zero-order valence-electron chi connectivity index (χ0n) is 10.0. The molecule has 2 aromatic rings. The third-order valence-electron chi connectivity index (χ3n) is 2.47. The van der Waals surface area contributed by atoms with Gasteiger partial charge in [-0.05, 0) is 0 Å². The third-order valence-corrected chi connectivity index (χ3v) is 3.60. The molecule has 0 atom stereocenters. The molecule has 0 aliphatic rings. The standard InChI is InChI=1S/C12H11F3N2OS/c1-18-5-9-10(4-16)19-12(17-9)11-7(14)2-6(13)3-8(11)15/h2-3H,4-5,16H2,1H3. The Labute approximate surface area is 111 Å². The molecule has 2 rings (SSSR count). The second-order valence-electron chi connectivity index (χ2n) is 3.77. The molecule has 7 heteroatoms. The molecule has 0 aliphatic carbocycles. The highest BCUT2D eigenvalue weighted by molar-refractivity contribution is 7.15. The summed E-state index contributed by atoms with van der Waals surface area (Å²) in [6, 6.07) is 1.25. The molecule has 0 aliphatic heterocycles. The fraction of sp³-hybridized carbons (Fsp3) is 0.250. The van der Waals surface area contributed by atoms with E-state index < -0.39 is 17.5 Å². The van der Waals surface area contributed by atoms with Gasteiger partial charge >= 0.3 is 0 Å². The molecule has 102 valence electrons. The minimum absolute atomic E-state index is 0.127. The minimum atomic E-state index is -0.987. The molecule has 2 N–H and O–H groups in total. The van der Waals surface area contributed by atoms with E-state index in [0.29, 0.717) is 22.7 Å². The summed E-state index contributed by atoms with van der Waals surface area (Å²) in [7, 11) is 1.48. The number of hydrogen-bond donors (Lipinski definition) is 1. The van der Waals surface area contributed by atoms with Crippen LogP contribution in [0.1, 0.15) is 10.6 Å². The summed E-state index contributed by atoms with van der Waals surface area (Å²) in [5.41, 5.74) is 5.73. The van der Waals surface area contributed by atoms with E-state index in [1.54, 1.807) is 0 Å². The van der Waals surface area contributed by atoms with Crippen LogP contribution in [0, 0.1) is 17.5 Å². The van der Waals surface area contributed by atoms with Gasteiger partial charge in [0, 0.05) is 30.7 Å². The fourth-order valence-corrected chi connectivity index (χ4v) is 2.64. The van der Waals surface area contributed by atoms with Crippen molar-refractivity contribution in [3.05, 3.63) is 40.2 Å². The average Bonchev–Trinajstić information content (AvgIpc) is 2.71. The lowest BCUT2D eigenvalue weighted by Gasteiger charge is -2.01. The predicted molar refractivity (Wildman–Crippen MR) is 66.0 cm³/mol. The Morgan fingerprint density at radius 2 is 1.89 bits per heavy atom. The molecule has 0 saturated heterocycles. The molecule has 1 heterocycles. The molecule has 0 radical (unpaired) electrons. The van der Waals surface area contributed by atoms with E-state index in [1.165, 1.54) is 7.11 Å². The maximum Gasteiger partial charge on any atom is 0.139 e. The molecule has 0 saturated carbocycles. The second-order valence-corrected chi connectivity index (χ2v) is 4.85. The van der Waals surface area contributed by atoms with Crippen LogP contribution in [0.2, 0.25) is 0 Å². The maximum absolute atomic E-state index is 13.7. The molecule has 1 aromatic heterocycles. The topological polar surface area (TPSA) is 48.1 Å². The SMILES string of the molecule is COCc1nc(-c2c(F)cc(F)cc2F)sc1CN. The van der Waals surface area contributed by atoms with Gasteiger partial charge in [-0.3, -0.25) is 0 Å². The lowest BCUT2D eigenvalue weighted by molar-refractivity contribution is 0.181. The lowest BCUT2D eigenvalue weighted by atomic mass is 10.2. The first kappa shape index (κ1) is 14.0. The van der Waals surface area contributed by atoms with Crippen molar-refractivity contribution in [2.75, 3.05) is 7.11 Å². The number of halogens is 3. The lowest BCUT2D eigenvalue weighted by Crippen LogP contribution is -1.99. The van der Waals surface area contributed by atoms with Crippen LogP contribution >= 0.6 is 11.3 Å². The number of ether oxygens (including phenoxy) is 1. The molecule has 0 spiro atoms. The highest BCUT2D eigenvalue weighted by atomic mass is 32.1.